The van der Waals surface area contributed by atoms with Crippen LogP contribution in [-0.2, 0) is 13.6 Å². The van der Waals surface area contributed by atoms with Crippen molar-refractivity contribution >= 4 is 7.82 Å². The number of phosphoric ester groups is 1. The summed E-state index contributed by atoms with van der Waals surface area (Å²) in [5.74, 6) is 0. The lowest BCUT2D eigenvalue weighted by Crippen LogP contribution is -2.49. The minimum atomic E-state index is -4.15. The molecule has 0 aromatic rings. The van der Waals surface area contributed by atoms with E-state index in [4.69, 9.17) is 9.05 Å². The molecule has 1 aliphatic heterocycles. The Morgan fingerprint density at radius 3 is 1.84 bits per heavy atom. The van der Waals surface area contributed by atoms with E-state index in [1.54, 1.807) is 0 Å². The summed E-state index contributed by atoms with van der Waals surface area (Å²) >= 11 is 0. The van der Waals surface area contributed by atoms with Gasteiger partial charge in [0.15, 0.2) is 0 Å². The molecule has 190 valence electrons. The van der Waals surface area contributed by atoms with Crippen LogP contribution >= 0.6 is 7.82 Å². The molecule has 0 spiro atoms. The van der Waals surface area contributed by atoms with E-state index in [9.17, 15) is 9.46 Å². The summed E-state index contributed by atoms with van der Waals surface area (Å²) in [6.07, 6.45) is 25.7. The highest BCUT2D eigenvalue weighted by Gasteiger charge is 2.25. The Hall–Kier alpha value is -0.190. The molecule has 0 N–H and O–H groups in total. The number of hydrogen-bond donors (Lipinski definition) is 0. The third kappa shape index (κ3) is 17.3. The van der Waals surface area contributed by atoms with E-state index in [2.05, 4.69) is 26.1 Å². The molecule has 6 heteroatoms. The van der Waals surface area contributed by atoms with Crippen molar-refractivity contribution in [1.29, 1.82) is 0 Å². The Bertz CT molecular complexity index is 506. The molecule has 1 atom stereocenters. The van der Waals surface area contributed by atoms with E-state index >= 15 is 0 Å². The highest BCUT2D eigenvalue weighted by atomic mass is 31.2. The zero-order valence-corrected chi connectivity index (χ0v) is 22.1. The maximum atomic E-state index is 11.9. The fourth-order valence-electron chi connectivity index (χ4n) is 4.44. The maximum absolute atomic E-state index is 11.9. The average molecular weight is 474 g/mol. The first-order chi connectivity index (χ1) is 15.5. The van der Waals surface area contributed by atoms with Gasteiger partial charge >= 0.3 is 0 Å². The van der Waals surface area contributed by atoms with Crippen LogP contribution in [0.3, 0.4) is 0 Å². The van der Waals surface area contributed by atoms with Gasteiger partial charge in [0.2, 0.25) is 0 Å². The van der Waals surface area contributed by atoms with Gasteiger partial charge in [-0.15, -0.1) is 0 Å². The Morgan fingerprint density at radius 1 is 0.750 bits per heavy atom. The molecule has 0 aromatic heterocycles. The maximum Gasteiger partial charge on any atom is 0.268 e. The molecule has 0 saturated carbocycles. The predicted octanol–water partition coefficient (Wildman–Crippen LogP) is 7.16. The van der Waals surface area contributed by atoms with Gasteiger partial charge in [-0.1, -0.05) is 76.9 Å². The van der Waals surface area contributed by atoms with Crippen LogP contribution in [0, 0.1) is 0 Å². The van der Waals surface area contributed by atoms with Crippen molar-refractivity contribution in [2.24, 2.45) is 0 Å². The molecule has 1 heterocycles. The van der Waals surface area contributed by atoms with Gasteiger partial charge in [-0.05, 0) is 51.4 Å². The van der Waals surface area contributed by atoms with Gasteiger partial charge in [0.05, 0.1) is 26.7 Å². The third-order valence-corrected chi connectivity index (χ3v) is 7.68. The standard InChI is InChI=1S/C26H52NO4P/c1-3-4-5-6-7-8-9-10-11-12-13-14-15-16-17-21-25-30-32(28,29)31-26-24-27(2)22-19-18-20-23-27/h10-11H,3-9,12-26H2,1-2H3/b11-10-. The molecule has 1 rings (SSSR count). The average Bonchev–Trinajstić information content (AvgIpc) is 2.76. The molecule has 32 heavy (non-hydrogen) atoms. The van der Waals surface area contributed by atoms with Gasteiger partial charge in [-0.3, -0.25) is 4.57 Å². The molecule has 0 bridgehead atoms. The van der Waals surface area contributed by atoms with Gasteiger partial charge in [0.25, 0.3) is 7.82 Å². The number of likely N-dealkylation sites (tertiary alicyclic amines) is 1. The number of nitrogens with zero attached hydrogens (tertiary/aromatic N) is 1. The van der Waals surface area contributed by atoms with Gasteiger partial charge in [-0.2, -0.15) is 0 Å². The molecule has 0 aliphatic carbocycles. The fraction of sp³-hybridized carbons (Fsp3) is 0.923. The van der Waals surface area contributed by atoms with Crippen LogP contribution in [0.5, 0.6) is 0 Å². The number of likely N-dealkylation sites (N-methyl/N-ethyl adjacent to an activating group) is 1. The predicted molar refractivity (Wildman–Crippen MR) is 134 cm³/mol. The molecular weight excluding hydrogens is 421 g/mol. The van der Waals surface area contributed by atoms with Gasteiger partial charge in [0.1, 0.15) is 13.2 Å². The van der Waals surface area contributed by atoms with E-state index in [1.807, 2.05) is 0 Å². The Kier molecular flexibility index (Phi) is 17.9. The summed E-state index contributed by atoms with van der Waals surface area (Å²) in [7, 11) is -1.96. The van der Waals surface area contributed by atoms with Gasteiger partial charge < -0.3 is 18.4 Å². The molecule has 1 fully saturated rings. The minimum Gasteiger partial charge on any atom is -0.756 e. The highest BCUT2D eigenvalue weighted by Crippen LogP contribution is 2.38. The van der Waals surface area contributed by atoms with Crippen molar-refractivity contribution < 1.29 is 23.0 Å². The lowest BCUT2D eigenvalue weighted by Gasteiger charge is -2.38. The van der Waals surface area contributed by atoms with Crippen LogP contribution < -0.4 is 4.89 Å². The SMILES string of the molecule is CCCCCCCC/C=C\CCCCCCCCOP(=O)([O-])OCC[N+]1(C)CCCCC1. The number of quaternary nitrogens is 1. The van der Waals surface area contributed by atoms with E-state index in [0.29, 0.717) is 0 Å². The summed E-state index contributed by atoms with van der Waals surface area (Å²) in [6, 6.07) is 0. The summed E-state index contributed by atoms with van der Waals surface area (Å²) in [6.45, 7) is 5.70. The first kappa shape index (κ1) is 29.8. The molecule has 0 aromatic carbocycles. The van der Waals surface area contributed by atoms with Crippen LogP contribution in [0.25, 0.3) is 0 Å². The number of allylic oxidation sites excluding steroid dienone is 2. The monoisotopic (exact) mass is 473 g/mol. The molecule has 0 radical (unpaired) electrons. The summed E-state index contributed by atoms with van der Waals surface area (Å²) < 4.78 is 22.9. The minimum absolute atomic E-state index is 0.227. The van der Waals surface area contributed by atoms with Crippen molar-refractivity contribution in [1.82, 2.24) is 0 Å². The van der Waals surface area contributed by atoms with E-state index in [-0.39, 0.29) is 13.2 Å². The van der Waals surface area contributed by atoms with Gasteiger partial charge in [-0.25, -0.2) is 0 Å². The zero-order valence-electron chi connectivity index (χ0n) is 21.2. The molecule has 1 saturated heterocycles. The first-order valence-corrected chi connectivity index (χ1v) is 15.0. The van der Waals surface area contributed by atoms with Crippen molar-refractivity contribution in [3.8, 4) is 0 Å². The number of piperidine rings is 1. The van der Waals surface area contributed by atoms with Crippen LogP contribution in [0.15, 0.2) is 12.2 Å². The van der Waals surface area contributed by atoms with Crippen LogP contribution in [0.1, 0.15) is 116 Å². The second-order valence-electron chi connectivity index (χ2n) is 9.90. The third-order valence-electron chi connectivity index (χ3n) is 6.68. The van der Waals surface area contributed by atoms with Crippen LogP contribution in [0.4, 0.5) is 0 Å². The second kappa shape index (κ2) is 19.2. The fourth-order valence-corrected chi connectivity index (χ4v) is 5.17. The Labute approximate surface area is 199 Å². The lowest BCUT2D eigenvalue weighted by molar-refractivity contribution is -0.914. The Morgan fingerprint density at radius 2 is 1.25 bits per heavy atom. The smallest absolute Gasteiger partial charge is 0.268 e. The van der Waals surface area contributed by atoms with E-state index in [0.717, 1.165) is 43.4 Å². The number of unbranched alkanes of at least 4 members (excludes halogenated alkanes) is 12. The highest BCUT2D eigenvalue weighted by molar-refractivity contribution is 7.45. The van der Waals surface area contributed by atoms with Crippen LogP contribution in [-0.4, -0.2) is 44.4 Å². The zero-order chi connectivity index (χ0) is 23.4. The van der Waals surface area contributed by atoms with Gasteiger partial charge in [0, 0.05) is 0 Å². The lowest BCUT2D eigenvalue weighted by atomic mass is 10.1. The molecular formula is C26H52NO4P. The largest absolute Gasteiger partial charge is 0.756 e. The van der Waals surface area contributed by atoms with E-state index in [1.165, 1.54) is 89.9 Å². The van der Waals surface area contributed by atoms with Crippen LogP contribution in [0.2, 0.25) is 0 Å². The topological polar surface area (TPSA) is 58.6 Å². The van der Waals surface area contributed by atoms with E-state index < -0.39 is 7.82 Å². The molecule has 5 nitrogen and oxygen atoms in total. The molecule has 1 aliphatic rings. The summed E-state index contributed by atoms with van der Waals surface area (Å²) in [5, 5.41) is 0. The van der Waals surface area contributed by atoms with Crippen molar-refractivity contribution in [2.45, 2.75) is 116 Å². The Balaban J connectivity index is 1.86. The molecule has 0 amide bonds. The van der Waals surface area contributed by atoms with Crippen molar-refractivity contribution in [3.63, 3.8) is 0 Å². The number of rotatable bonds is 21. The molecule has 1 unspecified atom stereocenters. The number of hydrogen-bond acceptors (Lipinski definition) is 4. The van der Waals surface area contributed by atoms with Crippen molar-refractivity contribution in [2.75, 3.05) is 39.9 Å². The quantitative estimate of drug-likeness (QED) is 0.0768. The normalized spacial score (nSPS) is 18.2. The number of phosphoric acid groups is 1. The summed E-state index contributed by atoms with van der Waals surface area (Å²) in [5.41, 5.74) is 0. The first-order valence-electron chi connectivity index (χ1n) is 13.6. The second-order valence-corrected chi connectivity index (χ2v) is 11.3. The summed E-state index contributed by atoms with van der Waals surface area (Å²) in [4.78, 5) is 11.9. The van der Waals surface area contributed by atoms with Crippen molar-refractivity contribution in [3.05, 3.63) is 12.2 Å².